The lowest BCUT2D eigenvalue weighted by Crippen LogP contribution is -2.25. The minimum Gasteiger partial charge on any atom is -0.374 e. The highest BCUT2D eigenvalue weighted by atomic mass is 32.1. The van der Waals surface area contributed by atoms with E-state index in [1.165, 1.54) is 11.3 Å². The van der Waals surface area contributed by atoms with Crippen LogP contribution in [-0.2, 0) is 9.53 Å². The molecule has 27 heavy (non-hydrogen) atoms. The van der Waals surface area contributed by atoms with Gasteiger partial charge in [-0.25, -0.2) is 0 Å². The molecule has 3 rings (SSSR count). The predicted octanol–water partition coefficient (Wildman–Crippen LogP) is 4.30. The van der Waals surface area contributed by atoms with Gasteiger partial charge < -0.3 is 15.4 Å². The number of nitrogens with one attached hydrogen (secondary N) is 2. The van der Waals surface area contributed by atoms with Gasteiger partial charge in [0.1, 0.15) is 0 Å². The van der Waals surface area contributed by atoms with Crippen molar-refractivity contribution in [1.29, 1.82) is 0 Å². The molecule has 1 aromatic carbocycles. The molecule has 6 heteroatoms. The molecule has 0 spiro atoms. The van der Waals surface area contributed by atoms with Crippen molar-refractivity contribution in [1.82, 2.24) is 5.32 Å². The zero-order chi connectivity index (χ0) is 19.2. The van der Waals surface area contributed by atoms with E-state index in [9.17, 15) is 9.59 Å². The van der Waals surface area contributed by atoms with Gasteiger partial charge in [0.05, 0.1) is 16.0 Å². The number of hydrogen-bond donors (Lipinski definition) is 2. The van der Waals surface area contributed by atoms with Crippen molar-refractivity contribution in [3.63, 3.8) is 0 Å². The minimum atomic E-state index is -0.0967. The first-order valence-corrected chi connectivity index (χ1v) is 10.2. The monoisotopic (exact) mass is 386 g/mol. The van der Waals surface area contributed by atoms with E-state index < -0.39 is 0 Å². The lowest BCUT2D eigenvalue weighted by molar-refractivity contribution is -0.117. The molecule has 1 heterocycles. The van der Waals surface area contributed by atoms with Gasteiger partial charge in [0.2, 0.25) is 5.91 Å². The summed E-state index contributed by atoms with van der Waals surface area (Å²) >= 11 is 1.33. The van der Waals surface area contributed by atoms with Crippen LogP contribution in [0.15, 0.2) is 36.4 Å². The molecule has 2 amide bonds. The van der Waals surface area contributed by atoms with Crippen molar-refractivity contribution < 1.29 is 14.3 Å². The third-order valence-electron chi connectivity index (χ3n) is 4.56. The zero-order valence-corrected chi connectivity index (χ0v) is 16.6. The van der Waals surface area contributed by atoms with Gasteiger partial charge in [-0.2, -0.15) is 0 Å². The summed E-state index contributed by atoms with van der Waals surface area (Å²) in [5, 5.41) is 6.58. The smallest absolute Gasteiger partial charge is 0.261 e. The third kappa shape index (κ3) is 5.65. The number of aryl methyl sites for hydroxylation is 1. The summed E-state index contributed by atoms with van der Waals surface area (Å²) in [6.45, 7) is 5.06. The minimum absolute atomic E-state index is 0.0408. The van der Waals surface area contributed by atoms with Crippen molar-refractivity contribution in [2.45, 2.75) is 39.2 Å². The Labute approximate surface area is 164 Å². The van der Waals surface area contributed by atoms with Crippen molar-refractivity contribution in [2.75, 3.05) is 18.5 Å². The van der Waals surface area contributed by atoms with Gasteiger partial charge in [0, 0.05) is 19.1 Å². The summed E-state index contributed by atoms with van der Waals surface area (Å²) < 4.78 is 5.82. The van der Waals surface area contributed by atoms with Crippen molar-refractivity contribution in [3.05, 3.63) is 52.4 Å². The standard InChI is InChI=1S/C21H26N2O3S/c1-14-13-18(23-20(24)17-9-10-17)27-19(14)21(25)22-11-6-12-26-15(2)16-7-4-3-5-8-16/h3-5,7-8,13,15,17H,6,9-12H2,1-2H3,(H,22,25)(H,23,24)/t15-/m1/s1. The lowest BCUT2D eigenvalue weighted by Gasteiger charge is -2.13. The Morgan fingerprint density at radius 3 is 2.70 bits per heavy atom. The molecule has 1 fully saturated rings. The molecule has 0 radical (unpaired) electrons. The molecule has 0 aliphatic heterocycles. The van der Waals surface area contributed by atoms with Gasteiger partial charge >= 0.3 is 0 Å². The van der Waals surface area contributed by atoms with Crippen LogP contribution >= 0.6 is 11.3 Å². The summed E-state index contributed by atoms with van der Waals surface area (Å²) in [5.74, 6) is 0.122. The number of thiophene rings is 1. The highest BCUT2D eigenvalue weighted by molar-refractivity contribution is 7.18. The number of carbonyl (C=O) groups is 2. The fourth-order valence-electron chi connectivity index (χ4n) is 2.77. The first kappa shape index (κ1) is 19.6. The van der Waals surface area contributed by atoms with Gasteiger partial charge in [-0.05, 0) is 50.3 Å². The van der Waals surface area contributed by atoms with E-state index in [1.54, 1.807) is 0 Å². The van der Waals surface area contributed by atoms with Gasteiger partial charge in [-0.1, -0.05) is 30.3 Å². The van der Waals surface area contributed by atoms with E-state index in [1.807, 2.05) is 50.2 Å². The zero-order valence-electron chi connectivity index (χ0n) is 15.8. The average Bonchev–Trinajstić information content (AvgIpc) is 3.45. The van der Waals surface area contributed by atoms with Crippen LogP contribution in [-0.4, -0.2) is 25.0 Å². The Balaban J connectivity index is 1.39. The van der Waals surface area contributed by atoms with Gasteiger partial charge in [0.15, 0.2) is 0 Å². The Morgan fingerprint density at radius 1 is 1.26 bits per heavy atom. The fourth-order valence-corrected chi connectivity index (χ4v) is 3.76. The van der Waals surface area contributed by atoms with Crippen LogP contribution < -0.4 is 10.6 Å². The van der Waals surface area contributed by atoms with Crippen molar-refractivity contribution in [3.8, 4) is 0 Å². The van der Waals surface area contributed by atoms with Crippen LogP contribution in [0.3, 0.4) is 0 Å². The number of carbonyl (C=O) groups excluding carboxylic acids is 2. The molecule has 2 N–H and O–H groups in total. The van der Waals surface area contributed by atoms with Gasteiger partial charge in [-0.3, -0.25) is 9.59 Å². The van der Waals surface area contributed by atoms with Crippen LogP contribution in [0.2, 0.25) is 0 Å². The quantitative estimate of drug-likeness (QED) is 0.631. The number of ether oxygens (including phenoxy) is 1. The molecule has 1 saturated carbocycles. The maximum Gasteiger partial charge on any atom is 0.261 e. The van der Waals surface area contributed by atoms with E-state index in [2.05, 4.69) is 10.6 Å². The molecule has 0 bridgehead atoms. The Bertz CT molecular complexity index is 784. The number of rotatable bonds is 9. The average molecular weight is 387 g/mol. The second kappa shape index (κ2) is 9.15. The largest absolute Gasteiger partial charge is 0.374 e. The highest BCUT2D eigenvalue weighted by Gasteiger charge is 2.30. The van der Waals surface area contributed by atoms with Crippen molar-refractivity contribution in [2.24, 2.45) is 5.92 Å². The van der Waals surface area contributed by atoms with E-state index in [0.29, 0.717) is 18.0 Å². The third-order valence-corrected chi connectivity index (χ3v) is 5.71. The highest BCUT2D eigenvalue weighted by Crippen LogP contribution is 2.32. The predicted molar refractivity (Wildman–Crippen MR) is 108 cm³/mol. The van der Waals surface area contributed by atoms with Crippen LogP contribution in [0.4, 0.5) is 5.00 Å². The first-order valence-electron chi connectivity index (χ1n) is 9.40. The van der Waals surface area contributed by atoms with Crippen LogP contribution in [0.5, 0.6) is 0 Å². The molecule has 1 aliphatic rings. The van der Waals surface area contributed by atoms with Gasteiger partial charge in [0.25, 0.3) is 5.91 Å². The van der Waals surface area contributed by atoms with Crippen LogP contribution in [0.25, 0.3) is 0 Å². The molecule has 2 aromatic rings. The molecular weight excluding hydrogens is 360 g/mol. The second-order valence-electron chi connectivity index (χ2n) is 6.92. The summed E-state index contributed by atoms with van der Waals surface area (Å²) in [7, 11) is 0. The molecule has 0 saturated heterocycles. The second-order valence-corrected chi connectivity index (χ2v) is 7.97. The molecule has 1 aromatic heterocycles. The number of anilines is 1. The van der Waals surface area contributed by atoms with Crippen molar-refractivity contribution >= 4 is 28.2 Å². The Kier molecular flexibility index (Phi) is 6.63. The van der Waals surface area contributed by atoms with E-state index in [0.717, 1.165) is 35.4 Å². The van der Waals surface area contributed by atoms with Crippen LogP contribution in [0, 0.1) is 12.8 Å². The fraction of sp³-hybridized carbons (Fsp3) is 0.429. The number of hydrogen-bond acceptors (Lipinski definition) is 4. The summed E-state index contributed by atoms with van der Waals surface area (Å²) in [6, 6.07) is 11.9. The van der Waals surface area contributed by atoms with Gasteiger partial charge in [-0.15, -0.1) is 11.3 Å². The summed E-state index contributed by atoms with van der Waals surface area (Å²) in [5.41, 5.74) is 2.04. The van der Waals surface area contributed by atoms with E-state index >= 15 is 0 Å². The lowest BCUT2D eigenvalue weighted by atomic mass is 10.1. The Hall–Kier alpha value is -2.18. The first-order chi connectivity index (χ1) is 13.0. The number of amides is 2. The van der Waals surface area contributed by atoms with E-state index in [-0.39, 0.29) is 23.8 Å². The molecule has 5 nitrogen and oxygen atoms in total. The number of benzene rings is 1. The SMILES string of the molecule is Cc1cc(NC(=O)C2CC2)sc1C(=O)NCCCO[C@H](C)c1ccccc1. The molecule has 0 unspecified atom stereocenters. The summed E-state index contributed by atoms with van der Waals surface area (Å²) in [6.07, 6.45) is 2.72. The molecular formula is C21H26N2O3S. The normalized spacial score (nSPS) is 14.6. The maximum atomic E-state index is 12.4. The summed E-state index contributed by atoms with van der Waals surface area (Å²) in [4.78, 5) is 24.9. The molecule has 1 atom stereocenters. The maximum absolute atomic E-state index is 12.4. The van der Waals surface area contributed by atoms with E-state index in [4.69, 9.17) is 4.74 Å². The molecule has 144 valence electrons. The molecule has 1 aliphatic carbocycles. The topological polar surface area (TPSA) is 67.4 Å². The Morgan fingerprint density at radius 2 is 2.00 bits per heavy atom. The van der Waals surface area contributed by atoms with Crippen LogP contribution in [0.1, 0.15) is 53.1 Å².